The molecule has 0 radical (unpaired) electrons. The molecule has 1 aromatic carbocycles. The topological polar surface area (TPSA) is 92.9 Å². The van der Waals surface area contributed by atoms with Crippen LogP contribution in [0.15, 0.2) is 41.7 Å². The number of carboxylic acids is 1. The number of benzene rings is 1. The van der Waals surface area contributed by atoms with Crippen molar-refractivity contribution in [3.63, 3.8) is 0 Å². The van der Waals surface area contributed by atoms with Gasteiger partial charge in [-0.05, 0) is 19.1 Å². The number of hydrogen-bond donors (Lipinski definition) is 2. The minimum atomic E-state index is -1.05. The van der Waals surface area contributed by atoms with Crippen LogP contribution in [0.5, 0.6) is 0 Å². The van der Waals surface area contributed by atoms with Crippen LogP contribution in [-0.2, 0) is 6.54 Å². The van der Waals surface area contributed by atoms with E-state index in [1.165, 1.54) is 10.6 Å². The van der Waals surface area contributed by atoms with Gasteiger partial charge >= 0.3 is 11.7 Å². The first-order valence-corrected chi connectivity index (χ1v) is 6.50. The van der Waals surface area contributed by atoms with Crippen LogP contribution < -0.4 is 5.69 Å². The molecule has 21 heavy (non-hydrogen) atoms. The number of aromatic amines is 1. The number of nitrogens with zero attached hydrogens (tertiary/aromatic N) is 3. The van der Waals surface area contributed by atoms with Crippen molar-refractivity contribution in [3.05, 3.63) is 53.0 Å². The van der Waals surface area contributed by atoms with Crippen molar-refractivity contribution < 1.29 is 9.90 Å². The van der Waals surface area contributed by atoms with E-state index >= 15 is 0 Å². The number of H-pyrrole nitrogens is 1. The summed E-state index contributed by atoms with van der Waals surface area (Å²) < 4.78 is 3.33. The van der Waals surface area contributed by atoms with Crippen molar-refractivity contribution in [1.29, 1.82) is 0 Å². The van der Waals surface area contributed by atoms with Gasteiger partial charge in [0.25, 0.3) is 0 Å². The fourth-order valence-corrected chi connectivity index (χ4v) is 2.56. The minimum Gasteiger partial charge on any atom is -0.478 e. The number of para-hydroxylation sites is 1. The normalized spacial score (nSPS) is 12.6. The van der Waals surface area contributed by atoms with Crippen LogP contribution in [-0.4, -0.2) is 30.2 Å². The van der Waals surface area contributed by atoms with Crippen molar-refractivity contribution in [2.75, 3.05) is 0 Å². The zero-order chi connectivity index (χ0) is 15.0. The number of imidazole rings is 2. The summed E-state index contributed by atoms with van der Waals surface area (Å²) in [7, 11) is 0. The Kier molecular flexibility index (Phi) is 3.09. The number of rotatable bonds is 4. The maximum atomic E-state index is 12.2. The number of aromatic nitrogens is 4. The Bertz CT molecular complexity index is 845. The summed E-state index contributed by atoms with van der Waals surface area (Å²) in [6.45, 7) is 2.40. The van der Waals surface area contributed by atoms with Gasteiger partial charge in [0.2, 0.25) is 0 Å². The van der Waals surface area contributed by atoms with Crippen LogP contribution in [0.4, 0.5) is 0 Å². The smallest absolute Gasteiger partial charge is 0.337 e. The van der Waals surface area contributed by atoms with Gasteiger partial charge in [-0.25, -0.2) is 14.6 Å². The molecule has 0 bridgehead atoms. The van der Waals surface area contributed by atoms with Crippen LogP contribution in [0, 0.1) is 0 Å². The van der Waals surface area contributed by atoms with E-state index in [0.29, 0.717) is 17.6 Å². The van der Waals surface area contributed by atoms with Crippen LogP contribution in [0.3, 0.4) is 0 Å². The standard InChI is InChI=1S/C14H14N4O3/c1-9(7-17-6-5-15-8-17)18-12-10(13(19)20)3-2-4-11(12)16-14(18)21/h2-6,8-9H,7H2,1H3,(H,16,21)(H,19,20). The highest BCUT2D eigenvalue weighted by atomic mass is 16.4. The van der Waals surface area contributed by atoms with E-state index in [1.54, 1.807) is 30.9 Å². The van der Waals surface area contributed by atoms with Crippen molar-refractivity contribution in [1.82, 2.24) is 19.1 Å². The van der Waals surface area contributed by atoms with E-state index < -0.39 is 5.97 Å². The summed E-state index contributed by atoms with van der Waals surface area (Å²) in [5, 5.41) is 9.31. The van der Waals surface area contributed by atoms with Gasteiger partial charge in [0.05, 0.1) is 29.0 Å². The minimum absolute atomic E-state index is 0.114. The molecule has 0 saturated carbocycles. The molecule has 2 aromatic heterocycles. The third kappa shape index (κ3) is 2.22. The Hall–Kier alpha value is -2.83. The van der Waals surface area contributed by atoms with E-state index in [2.05, 4.69) is 9.97 Å². The zero-order valence-electron chi connectivity index (χ0n) is 11.4. The molecule has 7 nitrogen and oxygen atoms in total. The number of aromatic carboxylic acids is 1. The summed E-state index contributed by atoms with van der Waals surface area (Å²) in [5.41, 5.74) is 0.745. The lowest BCUT2D eigenvalue weighted by molar-refractivity contribution is 0.0698. The summed E-state index contributed by atoms with van der Waals surface area (Å²) in [4.78, 5) is 30.2. The molecule has 2 heterocycles. The second kappa shape index (κ2) is 4.93. The molecule has 0 spiro atoms. The first-order chi connectivity index (χ1) is 10.1. The number of carbonyl (C=O) groups is 1. The predicted octanol–water partition coefficient (Wildman–Crippen LogP) is 1.49. The van der Waals surface area contributed by atoms with Crippen molar-refractivity contribution in [2.45, 2.75) is 19.5 Å². The fourth-order valence-electron chi connectivity index (χ4n) is 2.56. The maximum Gasteiger partial charge on any atom is 0.337 e. The molecule has 0 fully saturated rings. The first kappa shape index (κ1) is 13.2. The predicted molar refractivity (Wildman–Crippen MR) is 76.5 cm³/mol. The second-order valence-electron chi connectivity index (χ2n) is 4.92. The summed E-state index contributed by atoms with van der Waals surface area (Å²) >= 11 is 0. The average Bonchev–Trinajstić information content (AvgIpc) is 3.03. The Morgan fingerprint density at radius 2 is 2.29 bits per heavy atom. The van der Waals surface area contributed by atoms with Gasteiger partial charge in [0.15, 0.2) is 0 Å². The zero-order valence-corrected chi connectivity index (χ0v) is 11.4. The molecule has 3 aromatic rings. The lowest BCUT2D eigenvalue weighted by atomic mass is 10.1. The summed E-state index contributed by atoms with van der Waals surface area (Å²) in [6, 6.07) is 4.61. The molecule has 1 atom stereocenters. The van der Waals surface area contributed by atoms with Gasteiger partial charge < -0.3 is 14.7 Å². The molecule has 3 rings (SSSR count). The Labute approximate surface area is 119 Å². The van der Waals surface area contributed by atoms with Crippen LogP contribution >= 0.6 is 0 Å². The number of nitrogens with one attached hydrogen (secondary N) is 1. The SMILES string of the molecule is CC(Cn1ccnc1)n1c(=O)[nH]c2cccc(C(=O)O)c21. The maximum absolute atomic E-state index is 12.2. The molecule has 0 aliphatic heterocycles. The third-order valence-electron chi connectivity index (χ3n) is 3.44. The summed E-state index contributed by atoms with van der Waals surface area (Å²) in [5.74, 6) is -1.05. The quantitative estimate of drug-likeness (QED) is 0.759. The lowest BCUT2D eigenvalue weighted by Gasteiger charge is -2.15. The van der Waals surface area contributed by atoms with Gasteiger partial charge in [0.1, 0.15) is 0 Å². The van der Waals surface area contributed by atoms with Crippen molar-refractivity contribution in [3.8, 4) is 0 Å². The van der Waals surface area contributed by atoms with Gasteiger partial charge in [-0.3, -0.25) is 4.57 Å². The van der Waals surface area contributed by atoms with Gasteiger partial charge in [-0.15, -0.1) is 0 Å². The van der Waals surface area contributed by atoms with Crippen LogP contribution in [0.2, 0.25) is 0 Å². The molecule has 7 heteroatoms. The second-order valence-corrected chi connectivity index (χ2v) is 4.92. The van der Waals surface area contributed by atoms with E-state index in [9.17, 15) is 14.7 Å². The van der Waals surface area contributed by atoms with Crippen LogP contribution in [0.25, 0.3) is 11.0 Å². The monoisotopic (exact) mass is 286 g/mol. The average molecular weight is 286 g/mol. The Morgan fingerprint density at radius 3 is 2.95 bits per heavy atom. The summed E-state index contributed by atoms with van der Waals surface area (Å²) in [6.07, 6.45) is 5.12. The van der Waals surface area contributed by atoms with Crippen molar-refractivity contribution >= 4 is 17.0 Å². The largest absolute Gasteiger partial charge is 0.478 e. The first-order valence-electron chi connectivity index (χ1n) is 6.50. The number of hydrogen-bond acceptors (Lipinski definition) is 3. The fraction of sp³-hybridized carbons (Fsp3) is 0.214. The highest BCUT2D eigenvalue weighted by Crippen LogP contribution is 2.20. The lowest BCUT2D eigenvalue weighted by Crippen LogP contribution is -2.24. The van der Waals surface area contributed by atoms with E-state index in [-0.39, 0.29) is 17.3 Å². The van der Waals surface area contributed by atoms with Gasteiger partial charge in [-0.2, -0.15) is 0 Å². The molecule has 1 unspecified atom stereocenters. The molecule has 0 aliphatic carbocycles. The third-order valence-corrected chi connectivity index (χ3v) is 3.44. The highest BCUT2D eigenvalue weighted by Gasteiger charge is 2.19. The highest BCUT2D eigenvalue weighted by molar-refractivity contribution is 6.01. The van der Waals surface area contributed by atoms with E-state index in [0.717, 1.165) is 0 Å². The molecule has 2 N–H and O–H groups in total. The van der Waals surface area contributed by atoms with E-state index in [1.807, 2.05) is 11.5 Å². The number of carboxylic acid groups (broad SMARTS) is 1. The van der Waals surface area contributed by atoms with E-state index in [4.69, 9.17) is 0 Å². The van der Waals surface area contributed by atoms with Gasteiger partial charge in [-0.1, -0.05) is 6.07 Å². The molecule has 108 valence electrons. The number of fused-ring (bicyclic) bond motifs is 1. The molecular weight excluding hydrogens is 272 g/mol. The Balaban J connectivity index is 2.15. The molecule has 0 aliphatic rings. The molecule has 0 saturated heterocycles. The van der Waals surface area contributed by atoms with Gasteiger partial charge in [0, 0.05) is 18.9 Å². The molecular formula is C14H14N4O3. The van der Waals surface area contributed by atoms with Crippen LogP contribution in [0.1, 0.15) is 23.3 Å². The molecule has 0 amide bonds. The van der Waals surface area contributed by atoms with Crippen molar-refractivity contribution in [2.24, 2.45) is 0 Å². The Morgan fingerprint density at radius 1 is 1.48 bits per heavy atom.